The highest BCUT2D eigenvalue weighted by Crippen LogP contribution is 2.39. The second-order valence-corrected chi connectivity index (χ2v) is 6.75. The average molecular weight is 372 g/mol. The Balaban J connectivity index is 2.11. The summed E-state index contributed by atoms with van der Waals surface area (Å²) in [5.41, 5.74) is 0.204. The second-order valence-electron chi connectivity index (χ2n) is 6.75. The molecule has 2 aromatic rings. The summed E-state index contributed by atoms with van der Waals surface area (Å²) in [5.74, 6) is -1.26. The molecule has 0 bridgehead atoms. The van der Waals surface area contributed by atoms with E-state index < -0.39 is 23.5 Å². The van der Waals surface area contributed by atoms with E-state index in [1.807, 2.05) is 19.0 Å². The SMILES string of the molecule is Cc1ccc([C@@H]2C(=C(O)c3ccc(F)cc3)C(=O)C(=O)N2CCN(C)C)o1. The first-order valence-electron chi connectivity index (χ1n) is 8.55. The topological polar surface area (TPSA) is 74.0 Å². The molecule has 1 aromatic carbocycles. The van der Waals surface area contributed by atoms with Crippen LogP contribution in [0.3, 0.4) is 0 Å². The van der Waals surface area contributed by atoms with Crippen molar-refractivity contribution in [2.75, 3.05) is 27.2 Å². The summed E-state index contributed by atoms with van der Waals surface area (Å²) >= 11 is 0. The number of carbonyl (C=O) groups is 2. The van der Waals surface area contributed by atoms with Crippen LogP contribution in [0.25, 0.3) is 5.76 Å². The lowest BCUT2D eigenvalue weighted by atomic mass is 9.99. The minimum absolute atomic E-state index is 0.0558. The molecule has 1 amide bonds. The Morgan fingerprint density at radius 3 is 2.41 bits per heavy atom. The van der Waals surface area contributed by atoms with Crippen LogP contribution < -0.4 is 0 Å². The van der Waals surface area contributed by atoms with Crippen LogP contribution in [0.1, 0.15) is 23.1 Å². The maximum Gasteiger partial charge on any atom is 0.295 e. The number of amides is 1. The number of ketones is 1. The average Bonchev–Trinajstić information content (AvgIpc) is 3.15. The number of halogens is 1. The number of hydrogen-bond acceptors (Lipinski definition) is 5. The Kier molecular flexibility index (Phi) is 5.14. The summed E-state index contributed by atoms with van der Waals surface area (Å²) in [7, 11) is 3.72. The first-order chi connectivity index (χ1) is 12.8. The number of rotatable bonds is 5. The van der Waals surface area contributed by atoms with Gasteiger partial charge in [0, 0.05) is 18.7 Å². The Hall–Kier alpha value is -2.93. The van der Waals surface area contributed by atoms with Crippen LogP contribution in [0.2, 0.25) is 0 Å². The van der Waals surface area contributed by atoms with E-state index in [0.717, 1.165) is 0 Å². The fourth-order valence-corrected chi connectivity index (χ4v) is 3.08. The van der Waals surface area contributed by atoms with Gasteiger partial charge >= 0.3 is 0 Å². The molecule has 0 spiro atoms. The number of aryl methyl sites for hydroxylation is 1. The highest BCUT2D eigenvalue weighted by atomic mass is 19.1. The number of likely N-dealkylation sites (N-methyl/N-ethyl adjacent to an activating group) is 1. The summed E-state index contributed by atoms with van der Waals surface area (Å²) in [6, 6.07) is 7.69. The maximum absolute atomic E-state index is 13.2. The summed E-state index contributed by atoms with van der Waals surface area (Å²) in [6.45, 7) is 2.59. The monoisotopic (exact) mass is 372 g/mol. The Morgan fingerprint density at radius 2 is 1.85 bits per heavy atom. The zero-order chi connectivity index (χ0) is 19.7. The third kappa shape index (κ3) is 3.64. The molecular weight excluding hydrogens is 351 g/mol. The summed E-state index contributed by atoms with van der Waals surface area (Å²) in [6.07, 6.45) is 0. The lowest BCUT2D eigenvalue weighted by Crippen LogP contribution is -2.35. The third-order valence-electron chi connectivity index (χ3n) is 4.48. The van der Waals surface area contributed by atoms with Gasteiger partial charge in [-0.25, -0.2) is 4.39 Å². The minimum Gasteiger partial charge on any atom is -0.507 e. The van der Waals surface area contributed by atoms with Crippen molar-refractivity contribution in [1.29, 1.82) is 0 Å². The van der Waals surface area contributed by atoms with Crippen LogP contribution in [0, 0.1) is 12.7 Å². The fraction of sp³-hybridized carbons (Fsp3) is 0.300. The first-order valence-corrected chi connectivity index (χ1v) is 8.55. The molecule has 2 heterocycles. The van der Waals surface area contributed by atoms with E-state index in [4.69, 9.17) is 4.42 Å². The molecule has 0 unspecified atom stereocenters. The number of likely N-dealkylation sites (tertiary alicyclic amines) is 1. The predicted molar refractivity (Wildman–Crippen MR) is 97.4 cm³/mol. The first kappa shape index (κ1) is 18.8. The van der Waals surface area contributed by atoms with E-state index in [1.165, 1.54) is 29.2 Å². The second kappa shape index (κ2) is 7.36. The molecule has 0 radical (unpaired) electrons. The zero-order valence-electron chi connectivity index (χ0n) is 15.4. The minimum atomic E-state index is -0.830. The molecule has 1 aliphatic heterocycles. The van der Waals surface area contributed by atoms with Gasteiger partial charge in [-0.05, 0) is 57.4 Å². The number of furan rings is 1. The van der Waals surface area contributed by atoms with Gasteiger partial charge in [0.2, 0.25) is 0 Å². The molecule has 27 heavy (non-hydrogen) atoms. The molecule has 3 rings (SSSR count). The molecule has 142 valence electrons. The van der Waals surface area contributed by atoms with E-state index in [1.54, 1.807) is 19.1 Å². The smallest absolute Gasteiger partial charge is 0.295 e. The van der Waals surface area contributed by atoms with Crippen molar-refractivity contribution >= 4 is 17.4 Å². The molecule has 1 saturated heterocycles. The number of benzene rings is 1. The number of nitrogens with zero attached hydrogens (tertiary/aromatic N) is 2. The molecule has 1 aliphatic rings. The summed E-state index contributed by atoms with van der Waals surface area (Å²) in [4.78, 5) is 28.6. The van der Waals surface area contributed by atoms with E-state index in [0.29, 0.717) is 24.6 Å². The Labute approximate surface area is 156 Å². The third-order valence-corrected chi connectivity index (χ3v) is 4.48. The van der Waals surface area contributed by atoms with Gasteiger partial charge in [-0.3, -0.25) is 9.59 Å². The normalized spacial score (nSPS) is 19.3. The van der Waals surface area contributed by atoms with Gasteiger partial charge in [-0.2, -0.15) is 0 Å². The summed E-state index contributed by atoms with van der Waals surface area (Å²) < 4.78 is 18.9. The lowest BCUT2D eigenvalue weighted by Gasteiger charge is -2.24. The van der Waals surface area contributed by atoms with Gasteiger partial charge in [-0.15, -0.1) is 0 Å². The number of carbonyl (C=O) groups excluding carboxylic acids is 2. The number of aliphatic hydroxyl groups excluding tert-OH is 1. The highest BCUT2D eigenvalue weighted by Gasteiger charge is 2.47. The highest BCUT2D eigenvalue weighted by molar-refractivity contribution is 6.46. The van der Waals surface area contributed by atoms with Crippen LogP contribution >= 0.6 is 0 Å². The van der Waals surface area contributed by atoms with E-state index in [-0.39, 0.29) is 16.9 Å². The quantitative estimate of drug-likeness (QED) is 0.496. The van der Waals surface area contributed by atoms with Crippen LogP contribution in [-0.4, -0.2) is 53.8 Å². The van der Waals surface area contributed by atoms with Gasteiger partial charge in [0.1, 0.15) is 29.1 Å². The van der Waals surface area contributed by atoms with Crippen molar-refractivity contribution in [3.8, 4) is 0 Å². The fourth-order valence-electron chi connectivity index (χ4n) is 3.08. The largest absolute Gasteiger partial charge is 0.507 e. The van der Waals surface area contributed by atoms with Crippen molar-refractivity contribution in [3.63, 3.8) is 0 Å². The standard InChI is InChI=1S/C20H21FN2O4/c1-12-4-9-15(27-12)17-16(18(24)13-5-7-14(21)8-6-13)19(25)20(26)23(17)11-10-22(2)3/h4-9,17,24H,10-11H2,1-3H3/t17-/m1/s1. The summed E-state index contributed by atoms with van der Waals surface area (Å²) in [5, 5.41) is 10.7. The van der Waals surface area contributed by atoms with Crippen LogP contribution in [0.5, 0.6) is 0 Å². The van der Waals surface area contributed by atoms with Crippen molar-refractivity contribution in [3.05, 3.63) is 64.9 Å². The van der Waals surface area contributed by atoms with Gasteiger partial charge in [-0.1, -0.05) is 0 Å². The zero-order valence-corrected chi connectivity index (χ0v) is 15.4. The van der Waals surface area contributed by atoms with Crippen molar-refractivity contribution < 1.29 is 23.5 Å². The van der Waals surface area contributed by atoms with Crippen molar-refractivity contribution in [2.45, 2.75) is 13.0 Å². The molecule has 0 aliphatic carbocycles. The van der Waals surface area contributed by atoms with Gasteiger partial charge < -0.3 is 19.3 Å². The molecule has 1 atom stereocenters. The molecule has 1 N–H and O–H groups in total. The molecule has 1 aromatic heterocycles. The van der Waals surface area contributed by atoms with Crippen molar-refractivity contribution in [2.24, 2.45) is 0 Å². The maximum atomic E-state index is 13.2. The Morgan fingerprint density at radius 1 is 1.19 bits per heavy atom. The van der Waals surface area contributed by atoms with Crippen LogP contribution in [-0.2, 0) is 9.59 Å². The molecule has 0 saturated carbocycles. The predicted octanol–water partition coefficient (Wildman–Crippen LogP) is 2.71. The molecule has 1 fully saturated rings. The van der Waals surface area contributed by atoms with E-state index >= 15 is 0 Å². The molecule has 6 nitrogen and oxygen atoms in total. The Bertz CT molecular complexity index is 899. The molecular formula is C20H21FN2O4. The number of aliphatic hydroxyl groups is 1. The van der Waals surface area contributed by atoms with Gasteiger partial charge in [0.15, 0.2) is 0 Å². The molecule has 7 heteroatoms. The van der Waals surface area contributed by atoms with E-state index in [9.17, 15) is 19.1 Å². The van der Waals surface area contributed by atoms with Gasteiger partial charge in [0.05, 0.1) is 5.57 Å². The van der Waals surface area contributed by atoms with Crippen molar-refractivity contribution in [1.82, 2.24) is 9.80 Å². The number of hydrogen-bond donors (Lipinski definition) is 1. The van der Waals surface area contributed by atoms with Crippen LogP contribution in [0.4, 0.5) is 4.39 Å². The van der Waals surface area contributed by atoms with E-state index in [2.05, 4.69) is 0 Å². The number of Topliss-reactive ketones (excluding diaryl/α,β-unsaturated/α-hetero) is 1. The lowest BCUT2D eigenvalue weighted by molar-refractivity contribution is -0.140. The van der Waals surface area contributed by atoms with Gasteiger partial charge in [0.25, 0.3) is 11.7 Å². The van der Waals surface area contributed by atoms with Crippen LogP contribution in [0.15, 0.2) is 46.4 Å².